The van der Waals surface area contributed by atoms with E-state index in [0.29, 0.717) is 25.0 Å². The van der Waals surface area contributed by atoms with Gasteiger partial charge in [-0.25, -0.2) is 0 Å². The summed E-state index contributed by atoms with van der Waals surface area (Å²) in [5.74, 6) is 0.124. The Balaban J connectivity index is 1.83. The third kappa shape index (κ3) is 2.68. The van der Waals surface area contributed by atoms with Gasteiger partial charge in [0.25, 0.3) is 0 Å². The molecule has 0 aromatic carbocycles. The number of hydrogen-bond donors (Lipinski definition) is 1. The molecular formula is C16H27N3O2. The van der Waals surface area contributed by atoms with Crippen molar-refractivity contribution >= 4 is 11.8 Å². The molecule has 2 amide bonds. The topological polar surface area (TPSA) is 52.7 Å². The van der Waals surface area contributed by atoms with Gasteiger partial charge in [-0.3, -0.25) is 14.5 Å². The lowest BCUT2D eigenvalue weighted by Gasteiger charge is -2.37. The summed E-state index contributed by atoms with van der Waals surface area (Å²) in [6, 6.07) is 0.420. The van der Waals surface area contributed by atoms with Crippen LogP contribution in [0.2, 0.25) is 0 Å². The van der Waals surface area contributed by atoms with Crippen LogP contribution in [0.25, 0.3) is 0 Å². The number of nitrogens with one attached hydrogen (secondary N) is 1. The van der Waals surface area contributed by atoms with Crippen molar-refractivity contribution in [3.63, 3.8) is 0 Å². The molecule has 118 valence electrons. The summed E-state index contributed by atoms with van der Waals surface area (Å²) in [7, 11) is 0. The predicted molar refractivity (Wildman–Crippen MR) is 80.7 cm³/mol. The first kappa shape index (κ1) is 14.8. The largest absolute Gasteiger partial charge is 0.344 e. The van der Waals surface area contributed by atoms with E-state index >= 15 is 0 Å². The maximum absolute atomic E-state index is 13.0. The molecule has 3 heterocycles. The van der Waals surface area contributed by atoms with Crippen molar-refractivity contribution in [3.05, 3.63) is 0 Å². The van der Waals surface area contributed by atoms with E-state index in [1.165, 1.54) is 19.4 Å². The van der Waals surface area contributed by atoms with Gasteiger partial charge in [0.2, 0.25) is 11.8 Å². The minimum absolute atomic E-state index is 0.00653. The molecule has 21 heavy (non-hydrogen) atoms. The Kier molecular flexibility index (Phi) is 3.72. The fourth-order valence-corrected chi connectivity index (χ4v) is 4.13. The molecule has 1 N–H and O–H groups in total. The number of nitrogens with zero attached hydrogens (tertiary/aromatic N) is 2. The normalized spacial score (nSPS) is 34.8. The lowest BCUT2D eigenvalue weighted by molar-refractivity contribution is -0.138. The molecule has 5 heteroatoms. The highest BCUT2D eigenvalue weighted by atomic mass is 16.2. The average Bonchev–Trinajstić information content (AvgIpc) is 2.95. The smallest absolute Gasteiger partial charge is 0.246 e. The van der Waals surface area contributed by atoms with Crippen LogP contribution in [0.4, 0.5) is 0 Å². The van der Waals surface area contributed by atoms with Crippen LogP contribution in [-0.2, 0) is 9.59 Å². The Hall–Kier alpha value is -1.10. The highest BCUT2D eigenvalue weighted by molar-refractivity contribution is 5.90. The van der Waals surface area contributed by atoms with Crippen LogP contribution >= 0.6 is 0 Å². The van der Waals surface area contributed by atoms with E-state index in [1.807, 2.05) is 25.7 Å². The third-order valence-corrected chi connectivity index (χ3v) is 5.25. The Labute approximate surface area is 127 Å². The standard InChI is InChI=1S/C16H27N3O2/c1-16(2,3)14-15(21)19(10-7-13(20)17-14)12-6-9-18-8-4-5-11(12)18/h11-12,14H,4-10H2,1-3H3,(H,17,20). The minimum Gasteiger partial charge on any atom is -0.344 e. The number of fused-ring (bicyclic) bond motifs is 1. The first-order valence-electron chi connectivity index (χ1n) is 8.22. The second kappa shape index (κ2) is 5.27. The second-order valence-electron chi connectivity index (χ2n) is 7.75. The summed E-state index contributed by atoms with van der Waals surface area (Å²) in [6.45, 7) is 8.91. The molecule has 3 rings (SSSR count). The van der Waals surface area contributed by atoms with Gasteiger partial charge in [0.15, 0.2) is 0 Å². The van der Waals surface area contributed by atoms with E-state index in [1.54, 1.807) is 0 Å². The number of carbonyl (C=O) groups excluding carboxylic acids is 2. The monoisotopic (exact) mass is 293 g/mol. The van der Waals surface area contributed by atoms with Crippen LogP contribution in [-0.4, -0.2) is 59.4 Å². The van der Waals surface area contributed by atoms with Crippen molar-refractivity contribution < 1.29 is 9.59 Å². The van der Waals surface area contributed by atoms with Crippen molar-refractivity contribution in [3.8, 4) is 0 Å². The van der Waals surface area contributed by atoms with Gasteiger partial charge < -0.3 is 10.2 Å². The highest BCUT2D eigenvalue weighted by Crippen LogP contribution is 2.33. The third-order valence-electron chi connectivity index (χ3n) is 5.25. The molecule has 0 spiro atoms. The van der Waals surface area contributed by atoms with E-state index in [0.717, 1.165) is 13.0 Å². The van der Waals surface area contributed by atoms with Gasteiger partial charge >= 0.3 is 0 Å². The molecule has 0 aliphatic carbocycles. The molecular weight excluding hydrogens is 266 g/mol. The minimum atomic E-state index is -0.400. The summed E-state index contributed by atoms with van der Waals surface area (Å²) >= 11 is 0. The Morgan fingerprint density at radius 2 is 1.81 bits per heavy atom. The first-order chi connectivity index (χ1) is 9.88. The number of carbonyl (C=O) groups is 2. The van der Waals surface area contributed by atoms with Crippen molar-refractivity contribution in [2.45, 2.75) is 64.6 Å². The molecule has 0 saturated carbocycles. The molecule has 3 atom stereocenters. The van der Waals surface area contributed by atoms with Crippen LogP contribution in [0.1, 0.15) is 46.5 Å². The van der Waals surface area contributed by atoms with Gasteiger partial charge in [-0.15, -0.1) is 0 Å². The van der Waals surface area contributed by atoms with E-state index in [-0.39, 0.29) is 17.2 Å². The van der Waals surface area contributed by atoms with Crippen LogP contribution < -0.4 is 5.32 Å². The van der Waals surface area contributed by atoms with E-state index in [9.17, 15) is 9.59 Å². The zero-order valence-electron chi connectivity index (χ0n) is 13.4. The van der Waals surface area contributed by atoms with E-state index in [4.69, 9.17) is 0 Å². The van der Waals surface area contributed by atoms with Crippen molar-refractivity contribution in [2.24, 2.45) is 5.41 Å². The highest BCUT2D eigenvalue weighted by Gasteiger charge is 2.46. The molecule has 0 aromatic rings. The number of rotatable bonds is 1. The number of hydrogen-bond acceptors (Lipinski definition) is 3. The van der Waals surface area contributed by atoms with Gasteiger partial charge in [0.1, 0.15) is 6.04 Å². The van der Waals surface area contributed by atoms with Gasteiger partial charge in [-0.05, 0) is 31.2 Å². The van der Waals surface area contributed by atoms with Gasteiger partial charge in [-0.1, -0.05) is 20.8 Å². The van der Waals surface area contributed by atoms with Crippen LogP contribution in [0.5, 0.6) is 0 Å². The lowest BCUT2D eigenvalue weighted by Crippen LogP contribution is -2.55. The van der Waals surface area contributed by atoms with Crippen LogP contribution in [0.15, 0.2) is 0 Å². The molecule has 5 nitrogen and oxygen atoms in total. The first-order valence-corrected chi connectivity index (χ1v) is 8.22. The van der Waals surface area contributed by atoms with Crippen molar-refractivity contribution in [1.29, 1.82) is 0 Å². The van der Waals surface area contributed by atoms with Crippen molar-refractivity contribution in [1.82, 2.24) is 15.1 Å². The molecule has 0 aromatic heterocycles. The zero-order valence-corrected chi connectivity index (χ0v) is 13.4. The SMILES string of the molecule is CC(C)(C)C1NC(=O)CCN(C2CCN3CCCC23)C1=O. The summed E-state index contributed by atoms with van der Waals surface area (Å²) in [6.07, 6.45) is 3.92. The van der Waals surface area contributed by atoms with Crippen LogP contribution in [0.3, 0.4) is 0 Å². The molecule has 3 aliphatic rings. The summed E-state index contributed by atoms with van der Waals surface area (Å²) in [5, 5.41) is 2.94. The summed E-state index contributed by atoms with van der Waals surface area (Å²) < 4.78 is 0. The maximum Gasteiger partial charge on any atom is 0.246 e. The predicted octanol–water partition coefficient (Wildman–Crippen LogP) is 0.986. The summed E-state index contributed by atoms with van der Waals surface area (Å²) in [4.78, 5) is 29.5. The molecule has 3 fully saturated rings. The number of amides is 2. The lowest BCUT2D eigenvalue weighted by atomic mass is 9.85. The van der Waals surface area contributed by atoms with E-state index < -0.39 is 6.04 Å². The molecule has 3 unspecified atom stereocenters. The second-order valence-corrected chi connectivity index (χ2v) is 7.75. The Bertz CT molecular complexity index is 443. The van der Waals surface area contributed by atoms with Crippen molar-refractivity contribution in [2.75, 3.05) is 19.6 Å². The molecule has 3 aliphatic heterocycles. The fourth-order valence-electron chi connectivity index (χ4n) is 4.13. The zero-order chi connectivity index (χ0) is 15.2. The van der Waals surface area contributed by atoms with Gasteiger partial charge in [0, 0.05) is 31.6 Å². The summed E-state index contributed by atoms with van der Waals surface area (Å²) in [5.41, 5.74) is -0.247. The van der Waals surface area contributed by atoms with Gasteiger partial charge in [0.05, 0.1) is 0 Å². The van der Waals surface area contributed by atoms with Crippen LogP contribution in [0, 0.1) is 5.41 Å². The molecule has 0 bridgehead atoms. The Morgan fingerprint density at radius 1 is 1.05 bits per heavy atom. The average molecular weight is 293 g/mol. The van der Waals surface area contributed by atoms with E-state index in [2.05, 4.69) is 10.2 Å². The fraction of sp³-hybridized carbons (Fsp3) is 0.875. The van der Waals surface area contributed by atoms with Gasteiger partial charge in [-0.2, -0.15) is 0 Å². The molecule has 0 radical (unpaired) electrons. The molecule has 3 saturated heterocycles. The quantitative estimate of drug-likeness (QED) is 0.784. The Morgan fingerprint density at radius 3 is 2.52 bits per heavy atom. The maximum atomic E-state index is 13.0.